The molecule has 2 saturated heterocycles. The summed E-state index contributed by atoms with van der Waals surface area (Å²) in [6, 6.07) is 7.73. The van der Waals surface area contributed by atoms with Crippen LogP contribution in [-0.4, -0.2) is 92.7 Å². The van der Waals surface area contributed by atoms with Crippen molar-refractivity contribution in [1.29, 1.82) is 0 Å². The number of hydrogen-bond donors (Lipinski definition) is 1. The van der Waals surface area contributed by atoms with Crippen LogP contribution in [-0.2, 0) is 25.5 Å². The summed E-state index contributed by atoms with van der Waals surface area (Å²) in [5.74, 6) is 2.92. The molecule has 244 valence electrons. The minimum Gasteiger partial charge on any atom is -0.445 e. The molecular weight excluding hydrogens is 590 g/mol. The molecule has 13 nitrogen and oxygen atoms in total. The molecule has 0 saturated carbocycles. The fourth-order valence-electron chi connectivity index (χ4n) is 6.00. The second-order valence-corrected chi connectivity index (χ2v) is 11.4. The molecule has 5 rings (SSSR count). The first-order valence-electron chi connectivity index (χ1n) is 15.6. The molecule has 2 aliphatic rings. The first-order chi connectivity index (χ1) is 22.4. The standard InChI is InChI=1S/C33H41N7O6/c1-4-16-43-32(41)39-14-8-7-9-25(39)20-38(19-24-12-10-23(5-2)11-13-24)15-17-44-33(42)46-27-18-28(45-26(27)6-3)40-22-37-29-30(34)35-21-36-31(29)40/h2,4,10-13,21-22,25-28H,1,6-9,14-20H2,3H3,(H2,34,35,36)/t25?,26-,27?,28-/m1/s1. The van der Waals surface area contributed by atoms with E-state index in [0.29, 0.717) is 50.2 Å². The van der Waals surface area contributed by atoms with Gasteiger partial charge in [0, 0.05) is 44.2 Å². The quantitative estimate of drug-likeness (QED) is 0.173. The van der Waals surface area contributed by atoms with Crippen LogP contribution >= 0.6 is 0 Å². The zero-order valence-corrected chi connectivity index (χ0v) is 26.1. The Morgan fingerprint density at radius 2 is 2.04 bits per heavy atom. The Labute approximate surface area is 268 Å². The third-order valence-corrected chi connectivity index (χ3v) is 8.34. The second kappa shape index (κ2) is 15.6. The van der Waals surface area contributed by atoms with Crippen molar-refractivity contribution in [1.82, 2.24) is 29.3 Å². The number of amides is 1. The van der Waals surface area contributed by atoms with Gasteiger partial charge in [0.25, 0.3) is 0 Å². The van der Waals surface area contributed by atoms with E-state index < -0.39 is 18.5 Å². The molecule has 0 aliphatic carbocycles. The van der Waals surface area contributed by atoms with E-state index in [1.807, 2.05) is 31.2 Å². The molecule has 4 atom stereocenters. The molecule has 2 unspecified atom stereocenters. The summed E-state index contributed by atoms with van der Waals surface area (Å²) in [5, 5.41) is 0. The molecule has 2 N–H and O–H groups in total. The maximum Gasteiger partial charge on any atom is 0.508 e. The van der Waals surface area contributed by atoms with E-state index in [4.69, 9.17) is 31.1 Å². The van der Waals surface area contributed by atoms with E-state index in [1.54, 1.807) is 21.9 Å². The van der Waals surface area contributed by atoms with Gasteiger partial charge in [-0.1, -0.05) is 37.6 Å². The topological polar surface area (TPSA) is 147 Å². The number of fused-ring (bicyclic) bond motifs is 1. The smallest absolute Gasteiger partial charge is 0.445 e. The fraction of sp³-hybridized carbons (Fsp3) is 0.485. The fourth-order valence-corrected chi connectivity index (χ4v) is 6.00. The van der Waals surface area contributed by atoms with Crippen LogP contribution in [0, 0.1) is 12.3 Å². The van der Waals surface area contributed by atoms with Gasteiger partial charge in [-0.25, -0.2) is 24.5 Å². The number of nitrogen functional groups attached to an aromatic ring is 1. The SMILES string of the molecule is C#Cc1ccc(CN(CCOC(=O)OC2C[C@H](n3cnc4c(N)ncnc43)O[C@@H]2CC)CC2CCCCN2C(=O)OCC=C)cc1. The number of piperidine rings is 1. The first-order valence-corrected chi connectivity index (χ1v) is 15.6. The molecule has 2 fully saturated rings. The van der Waals surface area contributed by atoms with Crippen LogP contribution in [0.4, 0.5) is 15.4 Å². The molecule has 46 heavy (non-hydrogen) atoms. The summed E-state index contributed by atoms with van der Waals surface area (Å²) >= 11 is 0. The number of hydrogen-bond acceptors (Lipinski definition) is 11. The second-order valence-electron chi connectivity index (χ2n) is 11.4. The van der Waals surface area contributed by atoms with Gasteiger partial charge in [-0.15, -0.1) is 6.42 Å². The number of carbonyl (C=O) groups excluding carboxylic acids is 2. The minimum atomic E-state index is -0.764. The number of ether oxygens (including phenoxy) is 4. The minimum absolute atomic E-state index is 0.0410. The molecule has 13 heteroatoms. The Kier molecular flexibility index (Phi) is 11.1. The molecule has 2 aliphatic heterocycles. The lowest BCUT2D eigenvalue weighted by molar-refractivity contribution is -0.0366. The van der Waals surface area contributed by atoms with Gasteiger partial charge >= 0.3 is 12.2 Å². The zero-order valence-electron chi connectivity index (χ0n) is 26.1. The number of nitrogens with two attached hydrogens (primary N) is 1. The maximum absolute atomic E-state index is 12.9. The summed E-state index contributed by atoms with van der Waals surface area (Å²) in [5.41, 5.74) is 8.83. The lowest BCUT2D eigenvalue weighted by atomic mass is 10.0. The Hall–Kier alpha value is -4.67. The summed E-state index contributed by atoms with van der Waals surface area (Å²) in [6.07, 6.45) is 11.5. The van der Waals surface area contributed by atoms with Crippen LogP contribution in [0.15, 0.2) is 49.6 Å². The van der Waals surface area contributed by atoms with Crippen molar-refractivity contribution in [3.8, 4) is 12.3 Å². The van der Waals surface area contributed by atoms with Crippen molar-refractivity contribution in [2.24, 2.45) is 0 Å². The maximum atomic E-state index is 12.9. The van der Waals surface area contributed by atoms with Crippen LogP contribution in [0.5, 0.6) is 0 Å². The van der Waals surface area contributed by atoms with Gasteiger partial charge in [0.2, 0.25) is 0 Å². The van der Waals surface area contributed by atoms with Crippen molar-refractivity contribution in [3.63, 3.8) is 0 Å². The number of imidazole rings is 1. The van der Waals surface area contributed by atoms with Crippen molar-refractivity contribution in [2.75, 3.05) is 38.6 Å². The van der Waals surface area contributed by atoms with Crippen molar-refractivity contribution in [3.05, 3.63) is 60.7 Å². The number of nitrogens with zero attached hydrogens (tertiary/aromatic N) is 6. The average molecular weight is 632 g/mol. The predicted octanol–water partition coefficient (Wildman–Crippen LogP) is 4.29. The highest BCUT2D eigenvalue weighted by molar-refractivity contribution is 5.81. The third-order valence-electron chi connectivity index (χ3n) is 8.34. The summed E-state index contributed by atoms with van der Waals surface area (Å²) in [6.45, 7) is 8.10. The van der Waals surface area contributed by atoms with Gasteiger partial charge < -0.3 is 29.6 Å². The van der Waals surface area contributed by atoms with Gasteiger partial charge in [-0.05, 0) is 43.4 Å². The van der Waals surface area contributed by atoms with E-state index >= 15 is 0 Å². The highest BCUT2D eigenvalue weighted by Gasteiger charge is 2.39. The number of aromatic nitrogens is 4. The summed E-state index contributed by atoms with van der Waals surface area (Å²) < 4.78 is 24.7. The van der Waals surface area contributed by atoms with Crippen molar-refractivity contribution in [2.45, 2.75) is 70.1 Å². The van der Waals surface area contributed by atoms with E-state index in [-0.39, 0.29) is 37.3 Å². The van der Waals surface area contributed by atoms with Crippen LogP contribution in [0.2, 0.25) is 0 Å². The average Bonchev–Trinajstić information content (AvgIpc) is 3.69. The number of rotatable bonds is 12. The molecule has 0 bridgehead atoms. The van der Waals surface area contributed by atoms with Crippen LogP contribution < -0.4 is 5.73 Å². The van der Waals surface area contributed by atoms with E-state index in [2.05, 4.69) is 32.4 Å². The number of terminal acetylenes is 1. The van der Waals surface area contributed by atoms with E-state index in [9.17, 15) is 9.59 Å². The highest BCUT2D eigenvalue weighted by Crippen LogP contribution is 2.34. The largest absolute Gasteiger partial charge is 0.508 e. The lowest BCUT2D eigenvalue weighted by Gasteiger charge is -2.38. The van der Waals surface area contributed by atoms with Crippen molar-refractivity contribution < 1.29 is 28.5 Å². The molecular formula is C33H41N7O6. The first kappa shape index (κ1) is 32.7. The van der Waals surface area contributed by atoms with Crippen LogP contribution in [0.1, 0.15) is 56.4 Å². The van der Waals surface area contributed by atoms with Gasteiger partial charge in [0.05, 0.1) is 12.4 Å². The molecule has 3 aromatic rings. The molecule has 0 spiro atoms. The van der Waals surface area contributed by atoms with E-state index in [0.717, 1.165) is 30.4 Å². The summed E-state index contributed by atoms with van der Waals surface area (Å²) in [4.78, 5) is 42.2. The van der Waals surface area contributed by atoms with Crippen LogP contribution in [0.3, 0.4) is 0 Å². The lowest BCUT2D eigenvalue weighted by Crippen LogP contribution is -2.50. The molecule has 1 aromatic carbocycles. The Morgan fingerprint density at radius 1 is 1.22 bits per heavy atom. The van der Waals surface area contributed by atoms with Crippen molar-refractivity contribution >= 4 is 29.2 Å². The molecule has 0 radical (unpaired) electrons. The molecule has 2 aromatic heterocycles. The number of likely N-dealkylation sites (tertiary alicyclic amines) is 1. The number of carbonyl (C=O) groups is 2. The normalized spacial score (nSPS) is 21.2. The highest BCUT2D eigenvalue weighted by atomic mass is 16.7. The van der Waals surface area contributed by atoms with Gasteiger partial charge in [-0.3, -0.25) is 9.47 Å². The van der Waals surface area contributed by atoms with Gasteiger partial charge in [0.1, 0.15) is 37.4 Å². The van der Waals surface area contributed by atoms with Gasteiger partial charge in [0.15, 0.2) is 11.5 Å². The van der Waals surface area contributed by atoms with Crippen LogP contribution in [0.25, 0.3) is 11.2 Å². The monoisotopic (exact) mass is 631 g/mol. The molecule has 4 heterocycles. The molecule has 1 amide bonds. The summed E-state index contributed by atoms with van der Waals surface area (Å²) in [7, 11) is 0. The van der Waals surface area contributed by atoms with Gasteiger partial charge in [-0.2, -0.15) is 0 Å². The van der Waals surface area contributed by atoms with E-state index in [1.165, 1.54) is 6.33 Å². The number of benzene rings is 1. The Bertz CT molecular complexity index is 1540. The Balaban J connectivity index is 1.19. The Morgan fingerprint density at radius 3 is 2.80 bits per heavy atom. The predicted molar refractivity (Wildman–Crippen MR) is 170 cm³/mol. The zero-order chi connectivity index (χ0) is 32.5. The number of anilines is 1. The third kappa shape index (κ3) is 7.94.